The zero-order chi connectivity index (χ0) is 21.5. The standard InChI is InChI=1S/C23H38FN3O3/c1-3-5-12-28-16-17-30-15-11-26-22(25-4-2)27-19-23(9-13-29-14-10-23)20-7-6-8-21(24)18-20/h6-8,18H,3-5,9-17,19H2,1-2H3,(H2,25,26,27). The lowest BCUT2D eigenvalue weighted by molar-refractivity contribution is 0.0486. The number of guanidine groups is 1. The molecule has 0 saturated carbocycles. The monoisotopic (exact) mass is 423 g/mol. The van der Waals surface area contributed by atoms with Gasteiger partial charge in [-0.1, -0.05) is 25.5 Å². The van der Waals surface area contributed by atoms with Crippen molar-refractivity contribution in [3.8, 4) is 0 Å². The molecule has 1 aliphatic heterocycles. The highest BCUT2D eigenvalue weighted by Crippen LogP contribution is 2.35. The van der Waals surface area contributed by atoms with Gasteiger partial charge >= 0.3 is 0 Å². The van der Waals surface area contributed by atoms with Crippen LogP contribution in [0, 0.1) is 5.82 Å². The summed E-state index contributed by atoms with van der Waals surface area (Å²) in [6.07, 6.45) is 3.90. The molecule has 1 aromatic carbocycles. The number of benzene rings is 1. The van der Waals surface area contributed by atoms with E-state index in [2.05, 4.69) is 17.6 Å². The Balaban J connectivity index is 1.85. The second-order valence-corrected chi connectivity index (χ2v) is 7.60. The lowest BCUT2D eigenvalue weighted by Gasteiger charge is -2.36. The van der Waals surface area contributed by atoms with Gasteiger partial charge in [-0.3, -0.25) is 4.99 Å². The van der Waals surface area contributed by atoms with Crippen LogP contribution in [0.3, 0.4) is 0 Å². The van der Waals surface area contributed by atoms with Crippen LogP contribution in [0.1, 0.15) is 45.1 Å². The Kier molecular flexibility index (Phi) is 11.7. The largest absolute Gasteiger partial charge is 0.381 e. The summed E-state index contributed by atoms with van der Waals surface area (Å²) in [5, 5.41) is 6.60. The molecule has 0 amide bonds. The minimum atomic E-state index is -0.205. The number of nitrogens with one attached hydrogen (secondary N) is 2. The first-order valence-electron chi connectivity index (χ1n) is 11.2. The van der Waals surface area contributed by atoms with E-state index in [0.717, 1.165) is 50.4 Å². The van der Waals surface area contributed by atoms with Crippen LogP contribution in [0.5, 0.6) is 0 Å². The quantitative estimate of drug-likeness (QED) is 0.290. The lowest BCUT2D eigenvalue weighted by atomic mass is 9.74. The third kappa shape index (κ3) is 8.58. The second kappa shape index (κ2) is 14.3. The van der Waals surface area contributed by atoms with Crippen molar-refractivity contribution < 1.29 is 18.6 Å². The summed E-state index contributed by atoms with van der Waals surface area (Å²) in [7, 11) is 0. The van der Waals surface area contributed by atoms with Crippen LogP contribution in [-0.2, 0) is 19.6 Å². The third-order valence-corrected chi connectivity index (χ3v) is 5.32. The summed E-state index contributed by atoms with van der Waals surface area (Å²) in [5.41, 5.74) is 0.798. The highest BCUT2D eigenvalue weighted by atomic mass is 19.1. The van der Waals surface area contributed by atoms with E-state index in [9.17, 15) is 4.39 Å². The number of nitrogens with zero attached hydrogens (tertiary/aromatic N) is 1. The van der Waals surface area contributed by atoms with Crippen LogP contribution in [0.4, 0.5) is 4.39 Å². The van der Waals surface area contributed by atoms with Gasteiger partial charge < -0.3 is 24.8 Å². The molecule has 0 spiro atoms. The SMILES string of the molecule is CCCCOCCOCCNC(=NCC1(c2cccc(F)c2)CCOCC1)NCC. The van der Waals surface area contributed by atoms with Crippen LogP contribution < -0.4 is 10.6 Å². The van der Waals surface area contributed by atoms with Gasteiger partial charge in [-0.25, -0.2) is 4.39 Å². The van der Waals surface area contributed by atoms with E-state index >= 15 is 0 Å². The molecule has 1 heterocycles. The third-order valence-electron chi connectivity index (χ3n) is 5.32. The average Bonchev–Trinajstić information content (AvgIpc) is 2.77. The van der Waals surface area contributed by atoms with E-state index in [1.54, 1.807) is 12.1 Å². The van der Waals surface area contributed by atoms with Gasteiger partial charge in [0.05, 0.1) is 26.4 Å². The molecule has 6 nitrogen and oxygen atoms in total. The molecule has 170 valence electrons. The zero-order valence-electron chi connectivity index (χ0n) is 18.6. The van der Waals surface area contributed by atoms with Crippen molar-refractivity contribution in [1.82, 2.24) is 10.6 Å². The molecular formula is C23H38FN3O3. The van der Waals surface area contributed by atoms with E-state index in [1.807, 2.05) is 13.0 Å². The van der Waals surface area contributed by atoms with Gasteiger partial charge in [0.15, 0.2) is 5.96 Å². The first kappa shape index (κ1) is 24.6. The summed E-state index contributed by atoms with van der Waals surface area (Å²) >= 11 is 0. The van der Waals surface area contributed by atoms with Crippen LogP contribution in [0.2, 0.25) is 0 Å². The molecular weight excluding hydrogens is 385 g/mol. The summed E-state index contributed by atoms with van der Waals surface area (Å²) in [5.74, 6) is 0.547. The molecule has 2 N–H and O–H groups in total. The Morgan fingerprint density at radius 2 is 1.87 bits per heavy atom. The Labute approximate surface area is 180 Å². The number of aliphatic imine (C=N–C) groups is 1. The highest BCUT2D eigenvalue weighted by molar-refractivity contribution is 5.79. The van der Waals surface area contributed by atoms with Crippen molar-refractivity contribution in [3.63, 3.8) is 0 Å². The van der Waals surface area contributed by atoms with Crippen LogP contribution in [0.25, 0.3) is 0 Å². The summed E-state index contributed by atoms with van der Waals surface area (Å²) < 4.78 is 30.5. The molecule has 7 heteroatoms. The van der Waals surface area contributed by atoms with Crippen molar-refractivity contribution >= 4 is 5.96 Å². The van der Waals surface area contributed by atoms with Gasteiger partial charge in [-0.05, 0) is 43.9 Å². The number of rotatable bonds is 13. The maximum atomic E-state index is 13.9. The number of ether oxygens (including phenoxy) is 3. The molecule has 1 fully saturated rings. The molecule has 0 atom stereocenters. The Morgan fingerprint density at radius 1 is 1.10 bits per heavy atom. The number of unbranched alkanes of at least 4 members (excludes halogenated alkanes) is 1. The minimum Gasteiger partial charge on any atom is -0.381 e. The van der Waals surface area contributed by atoms with Gasteiger partial charge in [-0.15, -0.1) is 0 Å². The number of halogens is 1. The topological polar surface area (TPSA) is 64.1 Å². The first-order chi connectivity index (χ1) is 14.7. The minimum absolute atomic E-state index is 0.199. The average molecular weight is 424 g/mol. The van der Waals surface area contributed by atoms with Gasteiger partial charge in [0.2, 0.25) is 0 Å². The van der Waals surface area contributed by atoms with E-state index in [4.69, 9.17) is 19.2 Å². The van der Waals surface area contributed by atoms with Crippen LogP contribution >= 0.6 is 0 Å². The van der Waals surface area contributed by atoms with E-state index in [-0.39, 0.29) is 11.2 Å². The van der Waals surface area contributed by atoms with E-state index in [1.165, 1.54) is 6.07 Å². The zero-order valence-corrected chi connectivity index (χ0v) is 18.6. The normalized spacial score (nSPS) is 16.4. The van der Waals surface area contributed by atoms with Crippen molar-refractivity contribution in [1.29, 1.82) is 0 Å². The molecule has 1 aliphatic rings. The van der Waals surface area contributed by atoms with Gasteiger partial charge in [0.25, 0.3) is 0 Å². The van der Waals surface area contributed by atoms with Crippen molar-refractivity contribution in [2.24, 2.45) is 4.99 Å². The fraction of sp³-hybridized carbons (Fsp3) is 0.696. The predicted molar refractivity (Wildman–Crippen MR) is 119 cm³/mol. The first-order valence-corrected chi connectivity index (χ1v) is 11.2. The maximum Gasteiger partial charge on any atom is 0.191 e. The summed E-state index contributed by atoms with van der Waals surface area (Å²) in [6, 6.07) is 6.90. The van der Waals surface area contributed by atoms with Gasteiger partial charge in [-0.2, -0.15) is 0 Å². The molecule has 1 saturated heterocycles. The van der Waals surface area contributed by atoms with Crippen molar-refractivity contribution in [2.45, 2.75) is 44.9 Å². The van der Waals surface area contributed by atoms with Gasteiger partial charge in [0.1, 0.15) is 5.82 Å². The molecule has 0 unspecified atom stereocenters. The Morgan fingerprint density at radius 3 is 2.57 bits per heavy atom. The van der Waals surface area contributed by atoms with Crippen LogP contribution in [0.15, 0.2) is 29.3 Å². The Bertz CT molecular complexity index is 621. The highest BCUT2D eigenvalue weighted by Gasteiger charge is 2.34. The summed E-state index contributed by atoms with van der Waals surface area (Å²) in [6.45, 7) is 10.2. The van der Waals surface area contributed by atoms with E-state index in [0.29, 0.717) is 46.1 Å². The van der Waals surface area contributed by atoms with E-state index < -0.39 is 0 Å². The fourth-order valence-electron chi connectivity index (χ4n) is 3.50. The molecule has 0 aliphatic carbocycles. The number of hydrogen-bond donors (Lipinski definition) is 2. The molecule has 0 bridgehead atoms. The fourth-order valence-corrected chi connectivity index (χ4v) is 3.50. The van der Waals surface area contributed by atoms with Gasteiger partial charge in [0, 0.05) is 38.3 Å². The lowest BCUT2D eigenvalue weighted by Crippen LogP contribution is -2.42. The number of hydrogen-bond acceptors (Lipinski definition) is 4. The molecule has 0 radical (unpaired) electrons. The second-order valence-electron chi connectivity index (χ2n) is 7.60. The van der Waals surface area contributed by atoms with Crippen LogP contribution in [-0.4, -0.2) is 65.2 Å². The Hall–Kier alpha value is -1.70. The summed E-state index contributed by atoms with van der Waals surface area (Å²) in [4.78, 5) is 4.82. The molecule has 0 aromatic heterocycles. The smallest absolute Gasteiger partial charge is 0.191 e. The maximum absolute atomic E-state index is 13.9. The molecule has 1 aromatic rings. The molecule has 30 heavy (non-hydrogen) atoms. The van der Waals surface area contributed by atoms with Crippen molar-refractivity contribution in [3.05, 3.63) is 35.6 Å². The molecule has 2 rings (SSSR count). The van der Waals surface area contributed by atoms with Crippen molar-refractivity contribution in [2.75, 3.05) is 59.3 Å². The predicted octanol–water partition coefficient (Wildman–Crippen LogP) is 3.26.